The van der Waals surface area contributed by atoms with Crippen molar-refractivity contribution in [3.63, 3.8) is 0 Å². The summed E-state index contributed by atoms with van der Waals surface area (Å²) in [4.78, 5) is 12.2. The lowest BCUT2D eigenvalue weighted by Crippen LogP contribution is -2.23. The number of aryl methyl sites for hydroxylation is 1. The second kappa shape index (κ2) is 11.3. The van der Waals surface area contributed by atoms with Gasteiger partial charge in [-0.2, -0.15) is 5.26 Å². The Hall–Kier alpha value is -3.40. The molecule has 164 valence electrons. The molecular formula is C24H20Cl2N2O4. The molecule has 0 saturated heterocycles. The summed E-state index contributed by atoms with van der Waals surface area (Å²) < 4.78 is 16.5. The topological polar surface area (TPSA) is 84.5 Å². The van der Waals surface area contributed by atoms with Crippen LogP contribution in [0.4, 0.5) is 0 Å². The van der Waals surface area contributed by atoms with Gasteiger partial charge in [0.15, 0.2) is 0 Å². The Kier molecular flexibility index (Phi) is 8.20. The average molecular weight is 471 g/mol. The lowest BCUT2D eigenvalue weighted by molar-refractivity contribution is -0.117. The summed E-state index contributed by atoms with van der Waals surface area (Å²) in [6.45, 7) is 2.71. The first-order valence-corrected chi connectivity index (χ1v) is 10.5. The maximum absolute atomic E-state index is 12.2. The number of carbonyl (C=O) groups excluding carboxylic acids is 1. The zero-order valence-corrected chi connectivity index (χ0v) is 18.7. The van der Waals surface area contributed by atoms with Crippen molar-refractivity contribution in [2.45, 2.75) is 13.5 Å². The maximum atomic E-state index is 12.2. The Morgan fingerprint density at radius 2 is 1.94 bits per heavy atom. The van der Waals surface area contributed by atoms with Crippen molar-refractivity contribution in [3.05, 3.63) is 87.3 Å². The van der Waals surface area contributed by atoms with Crippen molar-refractivity contribution in [2.24, 2.45) is 0 Å². The molecule has 1 heterocycles. The molecule has 0 unspecified atom stereocenters. The van der Waals surface area contributed by atoms with Gasteiger partial charge in [-0.15, -0.1) is 0 Å². The SMILES string of the molecule is Cc1cc(OCCOc2ccc(/C=C(\C#N)C(=O)NCc3ccco3)cc2Cl)ccc1Cl. The van der Waals surface area contributed by atoms with Crippen molar-refractivity contribution >= 4 is 35.2 Å². The van der Waals surface area contributed by atoms with E-state index in [9.17, 15) is 10.1 Å². The van der Waals surface area contributed by atoms with Crippen LogP contribution in [-0.2, 0) is 11.3 Å². The zero-order chi connectivity index (χ0) is 22.9. The molecule has 0 radical (unpaired) electrons. The number of halogens is 2. The van der Waals surface area contributed by atoms with Gasteiger partial charge in [0.2, 0.25) is 0 Å². The Morgan fingerprint density at radius 1 is 1.12 bits per heavy atom. The van der Waals surface area contributed by atoms with Gasteiger partial charge in [-0.25, -0.2) is 0 Å². The minimum absolute atomic E-state index is 0.0482. The van der Waals surface area contributed by atoms with E-state index < -0.39 is 5.91 Å². The van der Waals surface area contributed by atoms with Crippen molar-refractivity contribution in [3.8, 4) is 17.6 Å². The maximum Gasteiger partial charge on any atom is 0.262 e. The zero-order valence-electron chi connectivity index (χ0n) is 17.2. The van der Waals surface area contributed by atoms with Crippen LogP contribution in [0.15, 0.2) is 64.8 Å². The number of ether oxygens (including phenoxy) is 2. The molecule has 0 spiro atoms. The van der Waals surface area contributed by atoms with Gasteiger partial charge < -0.3 is 19.2 Å². The van der Waals surface area contributed by atoms with Gasteiger partial charge in [-0.05, 0) is 66.6 Å². The highest BCUT2D eigenvalue weighted by atomic mass is 35.5. The molecule has 0 aliphatic rings. The molecule has 2 aromatic carbocycles. The first kappa shape index (κ1) is 23.3. The molecule has 6 nitrogen and oxygen atoms in total. The predicted molar refractivity (Wildman–Crippen MR) is 123 cm³/mol. The number of rotatable bonds is 9. The fourth-order valence-electron chi connectivity index (χ4n) is 2.73. The summed E-state index contributed by atoms with van der Waals surface area (Å²) in [5.74, 6) is 1.27. The monoisotopic (exact) mass is 470 g/mol. The highest BCUT2D eigenvalue weighted by Crippen LogP contribution is 2.27. The Bertz CT molecular complexity index is 1150. The molecule has 0 atom stereocenters. The third-order valence-electron chi connectivity index (χ3n) is 4.37. The number of benzene rings is 2. The Morgan fingerprint density at radius 3 is 2.62 bits per heavy atom. The molecule has 1 N–H and O–H groups in total. The minimum Gasteiger partial charge on any atom is -0.490 e. The van der Waals surface area contributed by atoms with E-state index >= 15 is 0 Å². The van der Waals surface area contributed by atoms with Crippen LogP contribution in [0, 0.1) is 18.3 Å². The van der Waals surface area contributed by atoms with Crippen molar-refractivity contribution in [1.29, 1.82) is 5.26 Å². The Labute approximate surface area is 196 Å². The van der Waals surface area contributed by atoms with E-state index in [2.05, 4.69) is 5.32 Å². The number of furan rings is 1. The molecule has 1 aromatic heterocycles. The first-order valence-electron chi connectivity index (χ1n) is 9.70. The molecule has 3 rings (SSSR count). The third-order valence-corrected chi connectivity index (χ3v) is 5.09. The van der Waals surface area contributed by atoms with Crippen LogP contribution in [0.3, 0.4) is 0 Å². The van der Waals surface area contributed by atoms with Crippen LogP contribution in [0.5, 0.6) is 11.5 Å². The first-order chi connectivity index (χ1) is 15.5. The molecule has 0 saturated carbocycles. The van der Waals surface area contributed by atoms with E-state index in [1.807, 2.05) is 19.1 Å². The molecule has 1 amide bonds. The quantitative estimate of drug-likeness (QED) is 0.250. The van der Waals surface area contributed by atoms with Gasteiger partial charge in [-0.1, -0.05) is 29.3 Å². The fraction of sp³-hybridized carbons (Fsp3) is 0.167. The predicted octanol–water partition coefficient (Wildman–Crippen LogP) is 5.58. The Balaban J connectivity index is 1.54. The van der Waals surface area contributed by atoms with Crippen LogP contribution in [0.25, 0.3) is 6.08 Å². The van der Waals surface area contributed by atoms with Crippen LogP contribution in [0.2, 0.25) is 10.0 Å². The summed E-state index contributed by atoms with van der Waals surface area (Å²) in [6, 6.07) is 15.8. The minimum atomic E-state index is -0.505. The van der Waals surface area contributed by atoms with E-state index in [1.54, 1.807) is 42.5 Å². The molecular weight excluding hydrogens is 451 g/mol. The van der Waals surface area contributed by atoms with Crippen molar-refractivity contribution in [1.82, 2.24) is 5.32 Å². The van der Waals surface area contributed by atoms with E-state index in [4.69, 9.17) is 37.1 Å². The standard InChI is InChI=1S/C24H20Cl2N2O4/c1-16-11-19(5-6-21(16)25)31-9-10-32-23-7-4-17(13-22(23)26)12-18(14-27)24(29)28-15-20-3-2-8-30-20/h2-8,11-13H,9-10,15H2,1H3,(H,28,29)/b18-12+. The van der Waals surface area contributed by atoms with Crippen LogP contribution in [-0.4, -0.2) is 19.1 Å². The smallest absolute Gasteiger partial charge is 0.262 e. The van der Waals surface area contributed by atoms with Gasteiger partial charge in [-0.3, -0.25) is 4.79 Å². The van der Waals surface area contributed by atoms with Crippen molar-refractivity contribution < 1.29 is 18.7 Å². The van der Waals surface area contributed by atoms with E-state index in [0.717, 1.165) is 5.56 Å². The number of nitriles is 1. The summed E-state index contributed by atoms with van der Waals surface area (Å²) in [5.41, 5.74) is 1.48. The number of hydrogen-bond acceptors (Lipinski definition) is 5. The third kappa shape index (κ3) is 6.55. The molecule has 0 aliphatic heterocycles. The molecule has 8 heteroatoms. The summed E-state index contributed by atoms with van der Waals surface area (Å²) in [7, 11) is 0. The molecule has 0 aliphatic carbocycles. The van der Waals surface area contributed by atoms with Gasteiger partial charge in [0.05, 0.1) is 17.8 Å². The largest absolute Gasteiger partial charge is 0.490 e. The second-order valence-electron chi connectivity index (χ2n) is 6.73. The highest BCUT2D eigenvalue weighted by molar-refractivity contribution is 6.32. The molecule has 0 fully saturated rings. The average Bonchev–Trinajstić information content (AvgIpc) is 3.30. The van der Waals surface area contributed by atoms with Crippen molar-refractivity contribution in [2.75, 3.05) is 13.2 Å². The van der Waals surface area contributed by atoms with E-state index in [-0.39, 0.29) is 18.7 Å². The van der Waals surface area contributed by atoms with Gasteiger partial charge in [0.1, 0.15) is 42.1 Å². The number of nitrogens with one attached hydrogen (secondary N) is 1. The normalized spacial score (nSPS) is 11.0. The number of nitrogens with zero attached hydrogens (tertiary/aromatic N) is 1. The van der Waals surface area contributed by atoms with Gasteiger partial charge in [0.25, 0.3) is 5.91 Å². The number of amides is 1. The van der Waals surface area contributed by atoms with Crippen LogP contribution in [0.1, 0.15) is 16.9 Å². The highest BCUT2D eigenvalue weighted by Gasteiger charge is 2.11. The second-order valence-corrected chi connectivity index (χ2v) is 7.54. The fourth-order valence-corrected chi connectivity index (χ4v) is 3.09. The molecule has 0 bridgehead atoms. The number of carbonyl (C=O) groups is 1. The van der Waals surface area contributed by atoms with Crippen LogP contribution >= 0.6 is 23.2 Å². The summed E-state index contributed by atoms with van der Waals surface area (Å²) in [5, 5.41) is 13.0. The van der Waals surface area contributed by atoms with E-state index in [1.165, 1.54) is 12.3 Å². The van der Waals surface area contributed by atoms with Gasteiger partial charge >= 0.3 is 0 Å². The van der Waals surface area contributed by atoms with Gasteiger partial charge in [0, 0.05) is 5.02 Å². The lowest BCUT2D eigenvalue weighted by Gasteiger charge is -2.11. The summed E-state index contributed by atoms with van der Waals surface area (Å²) in [6.07, 6.45) is 2.97. The summed E-state index contributed by atoms with van der Waals surface area (Å²) >= 11 is 12.3. The van der Waals surface area contributed by atoms with E-state index in [0.29, 0.717) is 39.5 Å². The van der Waals surface area contributed by atoms with Crippen LogP contribution < -0.4 is 14.8 Å². The molecule has 32 heavy (non-hydrogen) atoms. The number of hydrogen-bond donors (Lipinski definition) is 1. The lowest BCUT2D eigenvalue weighted by atomic mass is 10.1. The molecule has 3 aromatic rings.